The summed E-state index contributed by atoms with van der Waals surface area (Å²) >= 11 is 5.99. The first-order chi connectivity index (χ1) is 12.8. The third kappa shape index (κ3) is 6.11. The molecule has 27 heavy (non-hydrogen) atoms. The molecule has 1 N–H and O–H groups in total. The zero-order chi connectivity index (χ0) is 20.0. The number of halogens is 1. The molecule has 0 saturated heterocycles. The Labute approximate surface area is 162 Å². The first kappa shape index (κ1) is 20.5. The average molecular weight is 390 g/mol. The largest absolute Gasteiger partial charge is 0.480 e. The number of benzene rings is 2. The van der Waals surface area contributed by atoms with Crippen LogP contribution in [-0.2, 0) is 14.3 Å². The Balaban J connectivity index is 1.85. The third-order valence-electron chi connectivity index (χ3n) is 3.67. The van der Waals surface area contributed by atoms with Gasteiger partial charge in [0.15, 0.2) is 18.5 Å². The second-order valence-corrected chi connectivity index (χ2v) is 6.38. The predicted octanol–water partition coefficient (Wildman–Crippen LogP) is 3.80. The molecule has 0 aliphatic heterocycles. The standard InChI is InChI=1S/C20H20ClNO5/c1-12-4-9-17(21)18(10-12)26-11-19(24)27-14(3)20(25)22-16-7-5-15(6-8-16)13(2)23/h4-10,14H,11H2,1-3H3,(H,22,25)/t14-/m1/s1. The number of carbonyl (C=O) groups is 3. The van der Waals surface area contributed by atoms with Gasteiger partial charge in [-0.1, -0.05) is 17.7 Å². The van der Waals surface area contributed by atoms with Crippen LogP contribution in [0.1, 0.15) is 29.8 Å². The van der Waals surface area contributed by atoms with E-state index in [1.165, 1.54) is 13.8 Å². The highest BCUT2D eigenvalue weighted by Crippen LogP contribution is 2.25. The molecule has 0 radical (unpaired) electrons. The van der Waals surface area contributed by atoms with Gasteiger partial charge in [0.2, 0.25) is 0 Å². The summed E-state index contributed by atoms with van der Waals surface area (Å²) in [6, 6.07) is 11.6. The summed E-state index contributed by atoms with van der Waals surface area (Å²) in [5, 5.41) is 3.00. The summed E-state index contributed by atoms with van der Waals surface area (Å²) in [4.78, 5) is 35.3. The Morgan fingerprint density at radius 1 is 1.11 bits per heavy atom. The number of ketones is 1. The van der Waals surface area contributed by atoms with E-state index >= 15 is 0 Å². The van der Waals surface area contributed by atoms with Crippen molar-refractivity contribution in [2.45, 2.75) is 26.9 Å². The summed E-state index contributed by atoms with van der Waals surface area (Å²) in [6.07, 6.45) is -1.01. The zero-order valence-corrected chi connectivity index (χ0v) is 16.0. The maximum absolute atomic E-state index is 12.1. The van der Waals surface area contributed by atoms with Gasteiger partial charge in [-0.2, -0.15) is 0 Å². The lowest BCUT2D eigenvalue weighted by Crippen LogP contribution is -2.31. The molecular weight excluding hydrogens is 370 g/mol. The number of nitrogens with one attached hydrogen (secondary N) is 1. The van der Waals surface area contributed by atoms with E-state index in [0.29, 0.717) is 22.0 Å². The normalized spacial score (nSPS) is 11.4. The van der Waals surface area contributed by atoms with E-state index < -0.39 is 18.0 Å². The van der Waals surface area contributed by atoms with E-state index in [9.17, 15) is 14.4 Å². The lowest BCUT2D eigenvalue weighted by Gasteiger charge is -2.14. The molecule has 7 heteroatoms. The van der Waals surface area contributed by atoms with Crippen molar-refractivity contribution in [3.05, 3.63) is 58.6 Å². The number of esters is 1. The Bertz CT molecular complexity index is 848. The fourth-order valence-electron chi connectivity index (χ4n) is 2.17. The van der Waals surface area contributed by atoms with Gasteiger partial charge in [-0.15, -0.1) is 0 Å². The molecule has 0 aliphatic rings. The Morgan fingerprint density at radius 3 is 2.41 bits per heavy atom. The second-order valence-electron chi connectivity index (χ2n) is 5.98. The van der Waals surface area contributed by atoms with Crippen molar-refractivity contribution in [1.29, 1.82) is 0 Å². The number of carbonyl (C=O) groups excluding carboxylic acids is 3. The molecule has 0 aromatic heterocycles. The number of rotatable bonds is 7. The number of Topliss-reactive ketones (excluding diaryl/α,β-unsaturated/α-hetero) is 1. The molecule has 142 valence electrons. The Kier molecular flexibility index (Phi) is 6.96. The zero-order valence-electron chi connectivity index (χ0n) is 15.2. The summed E-state index contributed by atoms with van der Waals surface area (Å²) < 4.78 is 10.4. The van der Waals surface area contributed by atoms with Crippen LogP contribution in [0.3, 0.4) is 0 Å². The highest BCUT2D eigenvalue weighted by molar-refractivity contribution is 6.32. The van der Waals surface area contributed by atoms with Crippen molar-refractivity contribution in [2.24, 2.45) is 0 Å². The van der Waals surface area contributed by atoms with E-state index in [4.69, 9.17) is 21.1 Å². The fourth-order valence-corrected chi connectivity index (χ4v) is 2.35. The summed E-state index contributed by atoms with van der Waals surface area (Å²) in [7, 11) is 0. The number of hydrogen-bond acceptors (Lipinski definition) is 5. The minimum Gasteiger partial charge on any atom is -0.480 e. The average Bonchev–Trinajstić information content (AvgIpc) is 2.62. The highest BCUT2D eigenvalue weighted by Gasteiger charge is 2.18. The number of hydrogen-bond donors (Lipinski definition) is 1. The van der Waals surface area contributed by atoms with Crippen LogP contribution in [0.2, 0.25) is 5.02 Å². The molecule has 0 unspecified atom stereocenters. The molecule has 0 spiro atoms. The van der Waals surface area contributed by atoms with Gasteiger partial charge >= 0.3 is 5.97 Å². The van der Waals surface area contributed by atoms with Crippen LogP contribution in [0, 0.1) is 6.92 Å². The van der Waals surface area contributed by atoms with Gasteiger partial charge in [0, 0.05) is 11.3 Å². The molecule has 6 nitrogen and oxygen atoms in total. The number of anilines is 1. The SMILES string of the molecule is CC(=O)c1ccc(NC(=O)[C@@H](C)OC(=O)COc2cc(C)ccc2Cl)cc1. The number of amides is 1. The number of ether oxygens (including phenoxy) is 2. The van der Waals surface area contributed by atoms with Crippen molar-refractivity contribution in [1.82, 2.24) is 0 Å². The maximum Gasteiger partial charge on any atom is 0.344 e. The van der Waals surface area contributed by atoms with Gasteiger partial charge in [-0.3, -0.25) is 9.59 Å². The molecule has 2 aromatic carbocycles. The molecule has 2 rings (SSSR count). The van der Waals surface area contributed by atoms with Crippen LogP contribution in [0.5, 0.6) is 5.75 Å². The van der Waals surface area contributed by atoms with Crippen LogP contribution < -0.4 is 10.1 Å². The van der Waals surface area contributed by atoms with E-state index in [1.807, 2.05) is 13.0 Å². The van der Waals surface area contributed by atoms with Crippen LogP contribution >= 0.6 is 11.6 Å². The summed E-state index contributed by atoms with van der Waals surface area (Å²) in [5.41, 5.74) is 1.97. The van der Waals surface area contributed by atoms with Gasteiger partial charge in [-0.05, 0) is 62.7 Å². The topological polar surface area (TPSA) is 81.7 Å². The quantitative estimate of drug-likeness (QED) is 0.575. The third-order valence-corrected chi connectivity index (χ3v) is 3.98. The fraction of sp³-hybridized carbons (Fsp3) is 0.250. The monoisotopic (exact) mass is 389 g/mol. The molecule has 2 aromatic rings. The van der Waals surface area contributed by atoms with Gasteiger partial charge in [0.25, 0.3) is 5.91 Å². The van der Waals surface area contributed by atoms with Crippen LogP contribution in [-0.4, -0.2) is 30.4 Å². The predicted molar refractivity (Wildman–Crippen MR) is 102 cm³/mol. The van der Waals surface area contributed by atoms with E-state index in [1.54, 1.807) is 36.4 Å². The molecule has 0 saturated carbocycles. The van der Waals surface area contributed by atoms with Crippen LogP contribution in [0.25, 0.3) is 0 Å². The van der Waals surface area contributed by atoms with E-state index in [0.717, 1.165) is 5.56 Å². The van der Waals surface area contributed by atoms with E-state index in [2.05, 4.69) is 5.32 Å². The smallest absolute Gasteiger partial charge is 0.344 e. The molecule has 0 fully saturated rings. The Morgan fingerprint density at radius 2 is 1.78 bits per heavy atom. The van der Waals surface area contributed by atoms with Gasteiger partial charge < -0.3 is 14.8 Å². The molecule has 0 heterocycles. The van der Waals surface area contributed by atoms with Crippen molar-refractivity contribution in [3.8, 4) is 5.75 Å². The lowest BCUT2D eigenvalue weighted by molar-refractivity contribution is -0.155. The van der Waals surface area contributed by atoms with Gasteiger partial charge in [0.1, 0.15) is 5.75 Å². The van der Waals surface area contributed by atoms with Crippen molar-refractivity contribution >= 4 is 34.9 Å². The minimum atomic E-state index is -1.01. The summed E-state index contributed by atoms with van der Waals surface area (Å²) in [6.45, 7) is 4.42. The highest BCUT2D eigenvalue weighted by atomic mass is 35.5. The molecule has 0 aliphatic carbocycles. The first-order valence-electron chi connectivity index (χ1n) is 8.26. The molecular formula is C20H20ClNO5. The molecule has 1 amide bonds. The van der Waals surface area contributed by atoms with Crippen molar-refractivity contribution < 1.29 is 23.9 Å². The molecule has 0 bridgehead atoms. The lowest BCUT2D eigenvalue weighted by atomic mass is 10.1. The Hall–Kier alpha value is -2.86. The first-order valence-corrected chi connectivity index (χ1v) is 8.64. The minimum absolute atomic E-state index is 0.0658. The molecule has 1 atom stereocenters. The maximum atomic E-state index is 12.1. The number of aryl methyl sites for hydroxylation is 1. The van der Waals surface area contributed by atoms with Crippen molar-refractivity contribution in [3.63, 3.8) is 0 Å². The van der Waals surface area contributed by atoms with Crippen molar-refractivity contribution in [2.75, 3.05) is 11.9 Å². The van der Waals surface area contributed by atoms with Crippen LogP contribution in [0.4, 0.5) is 5.69 Å². The van der Waals surface area contributed by atoms with Gasteiger partial charge in [-0.25, -0.2) is 4.79 Å². The second kappa shape index (κ2) is 9.19. The van der Waals surface area contributed by atoms with Gasteiger partial charge in [0.05, 0.1) is 5.02 Å². The summed E-state index contributed by atoms with van der Waals surface area (Å²) in [5.74, 6) is -0.880. The van der Waals surface area contributed by atoms with Crippen LogP contribution in [0.15, 0.2) is 42.5 Å². The van der Waals surface area contributed by atoms with E-state index in [-0.39, 0.29) is 12.4 Å².